The molecule has 1 saturated carbocycles. The smallest absolute Gasteiger partial charge is 0.311 e. The van der Waals surface area contributed by atoms with Gasteiger partial charge in [-0.3, -0.25) is 9.59 Å². The first kappa shape index (κ1) is 13.5. The van der Waals surface area contributed by atoms with Crippen LogP contribution < -0.4 is 5.32 Å². The number of amides is 1. The minimum absolute atomic E-state index is 0.161. The fraction of sp³-hybridized carbons (Fsp3) is 0.429. The molecule has 1 fully saturated rings. The second-order valence-electron chi connectivity index (χ2n) is 4.83. The van der Waals surface area contributed by atoms with Crippen molar-refractivity contribution in [2.24, 2.45) is 5.41 Å². The molecule has 1 aliphatic rings. The molecule has 102 valence electrons. The molecule has 0 saturated heterocycles. The number of aliphatic carboxylic acids is 1. The van der Waals surface area contributed by atoms with Gasteiger partial charge in [-0.15, -0.1) is 0 Å². The molecule has 0 aromatic heterocycles. The molecular formula is C14H17NO4. The predicted molar refractivity (Wildman–Crippen MR) is 68.5 cm³/mol. The SMILES string of the molecule is COC(C(=O)NCC1(C(=O)O)CC1)c1ccccc1. The molecule has 0 bridgehead atoms. The summed E-state index contributed by atoms with van der Waals surface area (Å²) in [6.45, 7) is 0.161. The summed E-state index contributed by atoms with van der Waals surface area (Å²) in [5.41, 5.74) is -0.00681. The minimum atomic E-state index is -0.846. The third kappa shape index (κ3) is 2.93. The summed E-state index contributed by atoms with van der Waals surface area (Å²) < 4.78 is 5.18. The number of carboxylic acid groups (broad SMARTS) is 1. The van der Waals surface area contributed by atoms with Crippen LogP contribution in [0.4, 0.5) is 0 Å². The topological polar surface area (TPSA) is 75.6 Å². The van der Waals surface area contributed by atoms with Crippen LogP contribution in [0.5, 0.6) is 0 Å². The summed E-state index contributed by atoms with van der Waals surface area (Å²) in [7, 11) is 1.46. The lowest BCUT2D eigenvalue weighted by Gasteiger charge is -2.17. The van der Waals surface area contributed by atoms with Gasteiger partial charge in [0, 0.05) is 13.7 Å². The van der Waals surface area contributed by atoms with Gasteiger partial charge >= 0.3 is 5.97 Å². The zero-order valence-electron chi connectivity index (χ0n) is 10.8. The van der Waals surface area contributed by atoms with Gasteiger partial charge in [-0.25, -0.2) is 0 Å². The highest BCUT2D eigenvalue weighted by Crippen LogP contribution is 2.45. The van der Waals surface area contributed by atoms with Gasteiger partial charge < -0.3 is 15.2 Å². The summed E-state index contributed by atoms with van der Waals surface area (Å²) in [5.74, 6) is -1.15. The summed E-state index contributed by atoms with van der Waals surface area (Å²) in [6, 6.07) is 9.12. The lowest BCUT2D eigenvalue weighted by Crippen LogP contribution is -2.37. The molecule has 19 heavy (non-hydrogen) atoms. The van der Waals surface area contributed by atoms with E-state index in [9.17, 15) is 9.59 Å². The van der Waals surface area contributed by atoms with Gasteiger partial charge in [0.15, 0.2) is 6.10 Å². The predicted octanol–water partition coefficient (Wildman–Crippen LogP) is 1.36. The second-order valence-corrected chi connectivity index (χ2v) is 4.83. The van der Waals surface area contributed by atoms with E-state index in [4.69, 9.17) is 9.84 Å². The van der Waals surface area contributed by atoms with Crippen molar-refractivity contribution >= 4 is 11.9 Å². The molecule has 1 atom stereocenters. The fourth-order valence-electron chi connectivity index (χ4n) is 1.99. The van der Waals surface area contributed by atoms with Gasteiger partial charge in [0.25, 0.3) is 5.91 Å². The fourth-order valence-corrected chi connectivity index (χ4v) is 1.99. The number of carbonyl (C=O) groups excluding carboxylic acids is 1. The maximum absolute atomic E-state index is 12.0. The molecule has 1 aromatic rings. The Morgan fingerprint density at radius 2 is 2.00 bits per heavy atom. The van der Waals surface area contributed by atoms with Crippen molar-refractivity contribution in [2.45, 2.75) is 18.9 Å². The van der Waals surface area contributed by atoms with E-state index in [1.807, 2.05) is 18.2 Å². The molecular weight excluding hydrogens is 246 g/mol. The number of benzene rings is 1. The van der Waals surface area contributed by atoms with Gasteiger partial charge in [-0.05, 0) is 18.4 Å². The number of methoxy groups -OCH3 is 1. The number of nitrogens with one attached hydrogen (secondary N) is 1. The van der Waals surface area contributed by atoms with Crippen molar-refractivity contribution in [1.82, 2.24) is 5.32 Å². The van der Waals surface area contributed by atoms with Crippen LogP contribution in [0.15, 0.2) is 30.3 Å². The highest BCUT2D eigenvalue weighted by Gasteiger charge is 2.50. The Balaban J connectivity index is 1.97. The van der Waals surface area contributed by atoms with Gasteiger partial charge in [0.2, 0.25) is 0 Å². The van der Waals surface area contributed by atoms with Crippen LogP contribution in [-0.2, 0) is 14.3 Å². The van der Waals surface area contributed by atoms with E-state index >= 15 is 0 Å². The van der Waals surface area contributed by atoms with Gasteiger partial charge in [0.05, 0.1) is 5.41 Å². The average molecular weight is 263 g/mol. The van der Waals surface area contributed by atoms with Gasteiger partial charge in [0.1, 0.15) is 0 Å². The maximum Gasteiger partial charge on any atom is 0.311 e. The van der Waals surface area contributed by atoms with Crippen LogP contribution in [0.1, 0.15) is 24.5 Å². The van der Waals surface area contributed by atoms with E-state index in [1.54, 1.807) is 12.1 Å². The number of carbonyl (C=O) groups is 2. The number of hydrogen-bond acceptors (Lipinski definition) is 3. The zero-order valence-corrected chi connectivity index (χ0v) is 10.8. The van der Waals surface area contributed by atoms with E-state index in [2.05, 4.69) is 5.32 Å². The third-order valence-electron chi connectivity index (χ3n) is 3.48. The van der Waals surface area contributed by atoms with Crippen LogP contribution in [0.25, 0.3) is 0 Å². The Hall–Kier alpha value is -1.88. The molecule has 1 aliphatic carbocycles. The van der Waals surface area contributed by atoms with E-state index in [-0.39, 0.29) is 12.5 Å². The summed E-state index contributed by atoms with van der Waals surface area (Å²) in [6.07, 6.45) is 0.530. The monoisotopic (exact) mass is 263 g/mol. The summed E-state index contributed by atoms with van der Waals surface area (Å²) in [5, 5.41) is 11.7. The molecule has 1 unspecified atom stereocenters. The first-order valence-corrected chi connectivity index (χ1v) is 6.18. The van der Waals surface area contributed by atoms with E-state index < -0.39 is 17.5 Å². The van der Waals surface area contributed by atoms with Crippen molar-refractivity contribution < 1.29 is 19.4 Å². The molecule has 1 amide bonds. The van der Waals surface area contributed by atoms with E-state index in [1.165, 1.54) is 7.11 Å². The molecule has 0 radical (unpaired) electrons. The van der Waals surface area contributed by atoms with Crippen molar-refractivity contribution in [3.05, 3.63) is 35.9 Å². The molecule has 1 aromatic carbocycles. The van der Waals surface area contributed by atoms with E-state index in [0.717, 1.165) is 5.56 Å². The molecule has 5 nitrogen and oxygen atoms in total. The minimum Gasteiger partial charge on any atom is -0.481 e. The first-order chi connectivity index (χ1) is 9.09. The largest absolute Gasteiger partial charge is 0.481 e. The number of hydrogen-bond donors (Lipinski definition) is 2. The van der Waals surface area contributed by atoms with Gasteiger partial charge in [-0.2, -0.15) is 0 Å². The molecule has 2 N–H and O–H groups in total. The van der Waals surface area contributed by atoms with Crippen LogP contribution in [0, 0.1) is 5.41 Å². The molecule has 0 aliphatic heterocycles. The molecule has 5 heteroatoms. The first-order valence-electron chi connectivity index (χ1n) is 6.18. The Kier molecular flexibility index (Phi) is 3.85. The lowest BCUT2D eigenvalue weighted by atomic mass is 10.1. The Bertz CT molecular complexity index is 468. The second kappa shape index (κ2) is 5.40. The van der Waals surface area contributed by atoms with Crippen molar-refractivity contribution in [2.75, 3.05) is 13.7 Å². The Labute approximate surface area is 111 Å². The summed E-state index contributed by atoms with van der Waals surface area (Å²) in [4.78, 5) is 23.1. The highest BCUT2D eigenvalue weighted by molar-refractivity contribution is 5.84. The Morgan fingerprint density at radius 3 is 2.47 bits per heavy atom. The van der Waals surface area contributed by atoms with Gasteiger partial charge in [-0.1, -0.05) is 30.3 Å². The summed E-state index contributed by atoms with van der Waals surface area (Å²) >= 11 is 0. The van der Waals surface area contributed by atoms with Crippen molar-refractivity contribution in [3.63, 3.8) is 0 Å². The zero-order chi connectivity index (χ0) is 13.9. The van der Waals surface area contributed by atoms with Crippen LogP contribution in [0.3, 0.4) is 0 Å². The highest BCUT2D eigenvalue weighted by atomic mass is 16.5. The lowest BCUT2D eigenvalue weighted by molar-refractivity contribution is -0.143. The number of ether oxygens (including phenoxy) is 1. The van der Waals surface area contributed by atoms with E-state index in [0.29, 0.717) is 12.8 Å². The quantitative estimate of drug-likeness (QED) is 0.812. The van der Waals surface area contributed by atoms with Crippen molar-refractivity contribution in [3.8, 4) is 0 Å². The standard InChI is InChI=1S/C14H17NO4/c1-19-11(10-5-3-2-4-6-10)12(16)15-9-14(7-8-14)13(17)18/h2-6,11H,7-9H2,1H3,(H,15,16)(H,17,18). The van der Waals surface area contributed by atoms with Crippen LogP contribution >= 0.6 is 0 Å². The number of rotatable bonds is 6. The van der Waals surface area contributed by atoms with Crippen molar-refractivity contribution in [1.29, 1.82) is 0 Å². The molecule has 0 heterocycles. The third-order valence-corrected chi connectivity index (χ3v) is 3.48. The van der Waals surface area contributed by atoms with Crippen LogP contribution in [0.2, 0.25) is 0 Å². The Morgan fingerprint density at radius 1 is 1.37 bits per heavy atom. The average Bonchev–Trinajstić information content (AvgIpc) is 3.20. The van der Waals surface area contributed by atoms with Crippen LogP contribution in [-0.4, -0.2) is 30.6 Å². The number of carboxylic acids is 1. The maximum atomic E-state index is 12.0. The molecule has 0 spiro atoms. The molecule has 2 rings (SSSR count). The normalized spacial score (nSPS) is 17.5.